The molecule has 17 heavy (non-hydrogen) atoms. The fourth-order valence-corrected chi connectivity index (χ4v) is 2.34. The van der Waals surface area contributed by atoms with Crippen LogP contribution in [0, 0.1) is 0 Å². The van der Waals surface area contributed by atoms with E-state index in [9.17, 15) is 0 Å². The van der Waals surface area contributed by atoms with Gasteiger partial charge in [-0.1, -0.05) is 19.9 Å². The molecule has 0 amide bonds. The second-order valence-corrected chi connectivity index (χ2v) is 4.64. The van der Waals surface area contributed by atoms with E-state index in [4.69, 9.17) is 14.4 Å². The fraction of sp³-hybridized carbons (Fsp3) is 0.846. The maximum atomic E-state index is 6.09. The van der Waals surface area contributed by atoms with Crippen LogP contribution in [0.4, 0.5) is 0 Å². The minimum absolute atomic E-state index is 0.186. The first-order valence-electron chi connectivity index (χ1n) is 6.44. The third-order valence-electron chi connectivity index (χ3n) is 3.43. The van der Waals surface area contributed by atoms with Crippen molar-refractivity contribution < 1.29 is 19.2 Å². The van der Waals surface area contributed by atoms with Gasteiger partial charge in [-0.05, 0) is 24.8 Å². The first-order chi connectivity index (χ1) is 8.28. The summed E-state index contributed by atoms with van der Waals surface area (Å²) in [5, 5.41) is 0. The van der Waals surface area contributed by atoms with Gasteiger partial charge in [0.05, 0.1) is 19.3 Å². The van der Waals surface area contributed by atoms with Gasteiger partial charge in [0.25, 0.3) is 0 Å². The molecule has 4 heteroatoms. The molecular weight excluding hydrogens is 220 g/mol. The zero-order valence-electron chi connectivity index (χ0n) is 10.8. The van der Waals surface area contributed by atoms with Crippen LogP contribution in [-0.4, -0.2) is 38.1 Å². The summed E-state index contributed by atoms with van der Waals surface area (Å²) in [6.45, 7) is 4.83. The molecule has 4 nitrogen and oxygen atoms in total. The van der Waals surface area contributed by atoms with E-state index in [1.807, 2.05) is 0 Å². The third kappa shape index (κ3) is 3.28. The van der Waals surface area contributed by atoms with E-state index in [1.165, 1.54) is 12.7 Å². The van der Waals surface area contributed by atoms with Crippen molar-refractivity contribution in [3.8, 4) is 0 Å². The fourth-order valence-electron chi connectivity index (χ4n) is 2.34. The monoisotopic (exact) mass is 242 g/mol. The summed E-state index contributed by atoms with van der Waals surface area (Å²) >= 11 is 0. The molecule has 0 aromatic carbocycles. The van der Waals surface area contributed by atoms with Crippen LogP contribution in [0.1, 0.15) is 33.1 Å². The van der Waals surface area contributed by atoms with Crippen molar-refractivity contribution in [3.63, 3.8) is 0 Å². The van der Waals surface area contributed by atoms with E-state index >= 15 is 0 Å². The minimum Gasteiger partial charge on any atom is -0.372 e. The van der Waals surface area contributed by atoms with Crippen LogP contribution in [0.25, 0.3) is 0 Å². The Hall–Kier alpha value is -0.420. The highest BCUT2D eigenvalue weighted by Crippen LogP contribution is 2.38. The molecule has 0 saturated carbocycles. The molecule has 98 valence electrons. The molecule has 0 N–H and O–H groups in total. The summed E-state index contributed by atoms with van der Waals surface area (Å²) in [5.41, 5.74) is 1.21. The van der Waals surface area contributed by atoms with Gasteiger partial charge in [0.15, 0.2) is 0 Å². The number of epoxide rings is 1. The Labute approximate surface area is 103 Å². The van der Waals surface area contributed by atoms with Crippen LogP contribution in [0.15, 0.2) is 11.6 Å². The summed E-state index contributed by atoms with van der Waals surface area (Å²) in [6.07, 6.45) is 6.16. The second kappa shape index (κ2) is 5.96. The molecule has 0 aromatic rings. The molecule has 1 heterocycles. The second-order valence-electron chi connectivity index (χ2n) is 4.64. The van der Waals surface area contributed by atoms with Crippen LogP contribution in [-0.2, 0) is 19.2 Å². The Bertz CT molecular complexity index is 273. The predicted octanol–water partition coefficient (Wildman–Crippen LogP) is 2.24. The third-order valence-corrected chi connectivity index (χ3v) is 3.43. The van der Waals surface area contributed by atoms with Crippen molar-refractivity contribution in [2.45, 2.75) is 57.5 Å². The van der Waals surface area contributed by atoms with Gasteiger partial charge in [-0.25, -0.2) is 9.78 Å². The van der Waals surface area contributed by atoms with Crippen LogP contribution in [0.5, 0.6) is 0 Å². The predicted molar refractivity (Wildman–Crippen MR) is 63.6 cm³/mol. The van der Waals surface area contributed by atoms with Gasteiger partial charge in [-0.2, -0.15) is 0 Å². The van der Waals surface area contributed by atoms with Crippen LogP contribution in [0.2, 0.25) is 0 Å². The Balaban J connectivity index is 1.86. The highest BCUT2D eigenvalue weighted by Gasteiger charge is 2.48. The Morgan fingerprint density at radius 2 is 2.18 bits per heavy atom. The average molecular weight is 242 g/mol. The van der Waals surface area contributed by atoms with Crippen molar-refractivity contribution in [1.29, 1.82) is 0 Å². The molecule has 3 atom stereocenters. The number of rotatable bonds is 7. The lowest BCUT2D eigenvalue weighted by Crippen LogP contribution is -2.30. The van der Waals surface area contributed by atoms with Crippen molar-refractivity contribution in [3.05, 3.63) is 11.6 Å². The minimum atomic E-state index is 0.186. The Morgan fingerprint density at radius 1 is 1.41 bits per heavy atom. The first kappa shape index (κ1) is 13.0. The van der Waals surface area contributed by atoms with Gasteiger partial charge in [0, 0.05) is 0 Å². The van der Waals surface area contributed by atoms with E-state index in [2.05, 4.69) is 24.8 Å². The van der Waals surface area contributed by atoms with Crippen molar-refractivity contribution in [2.24, 2.45) is 0 Å². The number of fused-ring (bicyclic) bond motifs is 1. The maximum absolute atomic E-state index is 6.09. The average Bonchev–Trinajstić information content (AvgIpc) is 3.12. The molecule has 1 aliphatic carbocycles. The van der Waals surface area contributed by atoms with Gasteiger partial charge in [0.2, 0.25) is 0 Å². The Morgan fingerprint density at radius 3 is 2.82 bits per heavy atom. The first-order valence-corrected chi connectivity index (χ1v) is 6.44. The molecule has 0 radical (unpaired) electrons. The van der Waals surface area contributed by atoms with Crippen molar-refractivity contribution in [2.75, 3.05) is 13.7 Å². The highest BCUT2D eigenvalue weighted by molar-refractivity contribution is 5.20. The van der Waals surface area contributed by atoms with E-state index in [-0.39, 0.29) is 18.3 Å². The quantitative estimate of drug-likeness (QED) is 0.297. The van der Waals surface area contributed by atoms with E-state index < -0.39 is 0 Å². The standard InChI is InChI=1S/C13H22O4/c1-4-10(5-2)16-11-6-9(8-15-14-3)7-12-13(11)17-12/h7,10-13H,4-6,8H2,1-3H3/t11-,12+,13-/m1/s1. The SMILES string of the molecule is CCC(CC)O[C@@H]1CC(COOC)=C[C@@H]2O[C@@H]21. The summed E-state index contributed by atoms with van der Waals surface area (Å²) < 4.78 is 11.7. The molecular formula is C13H22O4. The molecule has 2 rings (SSSR count). The largest absolute Gasteiger partial charge is 0.372 e. The lowest BCUT2D eigenvalue weighted by Gasteiger charge is -2.25. The molecule has 0 bridgehead atoms. The van der Waals surface area contributed by atoms with Crippen LogP contribution < -0.4 is 0 Å². The van der Waals surface area contributed by atoms with Gasteiger partial charge < -0.3 is 9.47 Å². The summed E-state index contributed by atoms with van der Waals surface area (Å²) in [7, 11) is 1.53. The molecule has 1 fully saturated rings. The van der Waals surface area contributed by atoms with Gasteiger partial charge in [0.1, 0.15) is 18.8 Å². The highest BCUT2D eigenvalue weighted by atomic mass is 17.2. The topological polar surface area (TPSA) is 40.2 Å². The van der Waals surface area contributed by atoms with Gasteiger partial charge in [-0.3, -0.25) is 0 Å². The zero-order chi connectivity index (χ0) is 12.3. The van der Waals surface area contributed by atoms with E-state index in [0.29, 0.717) is 12.7 Å². The zero-order valence-corrected chi connectivity index (χ0v) is 10.8. The molecule has 1 aliphatic heterocycles. The molecule has 0 aromatic heterocycles. The lowest BCUT2D eigenvalue weighted by molar-refractivity contribution is -0.265. The maximum Gasteiger partial charge on any atom is 0.115 e. The van der Waals surface area contributed by atoms with Gasteiger partial charge >= 0.3 is 0 Å². The van der Waals surface area contributed by atoms with Crippen molar-refractivity contribution in [1.82, 2.24) is 0 Å². The Kier molecular flexibility index (Phi) is 4.56. The van der Waals surface area contributed by atoms with Crippen molar-refractivity contribution >= 4 is 0 Å². The number of ether oxygens (including phenoxy) is 2. The van der Waals surface area contributed by atoms with E-state index in [0.717, 1.165) is 19.3 Å². The number of hydrogen-bond donors (Lipinski definition) is 0. The van der Waals surface area contributed by atoms with Gasteiger partial charge in [-0.15, -0.1) is 0 Å². The van der Waals surface area contributed by atoms with Crippen LogP contribution >= 0.6 is 0 Å². The summed E-state index contributed by atoms with van der Waals surface area (Å²) in [6, 6.07) is 0. The molecule has 2 aliphatic rings. The smallest absolute Gasteiger partial charge is 0.115 e. The summed E-state index contributed by atoms with van der Waals surface area (Å²) in [4.78, 5) is 9.60. The normalized spacial score (nSPS) is 31.3. The van der Waals surface area contributed by atoms with Crippen LogP contribution in [0.3, 0.4) is 0 Å². The number of hydrogen-bond acceptors (Lipinski definition) is 4. The molecule has 0 spiro atoms. The molecule has 1 saturated heterocycles. The molecule has 0 unspecified atom stereocenters. The van der Waals surface area contributed by atoms with E-state index in [1.54, 1.807) is 0 Å². The lowest BCUT2D eigenvalue weighted by atomic mass is 9.97. The summed E-state index contributed by atoms with van der Waals surface area (Å²) in [5.74, 6) is 0.